The van der Waals surface area contributed by atoms with Crippen molar-refractivity contribution in [3.8, 4) is 11.3 Å². The Morgan fingerprint density at radius 1 is 1.04 bits per heavy atom. The normalized spacial score (nSPS) is 10.8. The molecule has 8 heteroatoms. The minimum Gasteiger partial charge on any atom is -0.298 e. The van der Waals surface area contributed by atoms with Crippen LogP contribution in [-0.4, -0.2) is 15.2 Å². The average molecular weight is 366 g/mol. The van der Waals surface area contributed by atoms with E-state index in [1.807, 2.05) is 12.1 Å². The first-order valence-corrected chi connectivity index (χ1v) is 8.19. The Morgan fingerprint density at radius 2 is 1.79 bits per heavy atom. The minimum absolute atomic E-state index is 0.0651. The van der Waals surface area contributed by atoms with Gasteiger partial charge in [0.15, 0.2) is 22.5 Å². The lowest BCUT2D eigenvalue weighted by Gasteiger charge is -2.03. The molecule has 3 aromatic rings. The fourth-order valence-corrected chi connectivity index (χ4v) is 2.84. The number of aromatic nitrogens is 3. The lowest BCUT2D eigenvalue weighted by molar-refractivity contribution is 0.509. The van der Waals surface area contributed by atoms with Crippen LogP contribution < -0.4 is 5.56 Å². The second-order valence-corrected chi connectivity index (χ2v) is 6.25. The van der Waals surface area contributed by atoms with Gasteiger partial charge in [0.1, 0.15) is 0 Å². The van der Waals surface area contributed by atoms with Crippen LogP contribution in [0.5, 0.6) is 0 Å². The van der Waals surface area contributed by atoms with E-state index in [9.17, 15) is 13.6 Å². The zero-order chi connectivity index (χ0) is 17.1. The number of nitrogens with zero attached hydrogens (tertiary/aromatic N) is 2. The van der Waals surface area contributed by atoms with Gasteiger partial charge in [-0.25, -0.2) is 8.78 Å². The van der Waals surface area contributed by atoms with Crippen LogP contribution in [0.3, 0.4) is 0 Å². The van der Waals surface area contributed by atoms with E-state index in [2.05, 4.69) is 15.2 Å². The Kier molecular flexibility index (Phi) is 4.92. The molecule has 1 aromatic heterocycles. The zero-order valence-corrected chi connectivity index (χ0v) is 13.7. The summed E-state index contributed by atoms with van der Waals surface area (Å²) >= 11 is 7.12. The summed E-state index contributed by atoms with van der Waals surface area (Å²) in [6.45, 7) is 0. The van der Waals surface area contributed by atoms with Crippen LogP contribution >= 0.6 is 23.4 Å². The maximum atomic E-state index is 13.3. The molecule has 0 saturated heterocycles. The van der Waals surface area contributed by atoms with Crippen molar-refractivity contribution in [2.24, 2.45) is 0 Å². The lowest BCUT2D eigenvalue weighted by atomic mass is 10.1. The lowest BCUT2D eigenvalue weighted by Crippen LogP contribution is -2.14. The van der Waals surface area contributed by atoms with Gasteiger partial charge in [0.2, 0.25) is 0 Å². The summed E-state index contributed by atoms with van der Waals surface area (Å²) in [7, 11) is 0. The van der Waals surface area contributed by atoms with Crippen molar-refractivity contribution in [1.29, 1.82) is 0 Å². The molecule has 2 aromatic carbocycles. The summed E-state index contributed by atoms with van der Waals surface area (Å²) in [5.74, 6) is -1.46. The summed E-state index contributed by atoms with van der Waals surface area (Å²) in [4.78, 5) is 14.7. The Labute approximate surface area is 144 Å². The molecule has 1 heterocycles. The van der Waals surface area contributed by atoms with E-state index < -0.39 is 17.2 Å². The molecule has 122 valence electrons. The van der Waals surface area contributed by atoms with Crippen LogP contribution in [0.25, 0.3) is 11.3 Å². The van der Waals surface area contributed by atoms with Gasteiger partial charge in [-0.1, -0.05) is 35.5 Å². The summed E-state index contributed by atoms with van der Waals surface area (Å²) in [6.07, 6.45) is 0. The predicted molar refractivity (Wildman–Crippen MR) is 89.0 cm³/mol. The second kappa shape index (κ2) is 7.11. The first-order chi connectivity index (χ1) is 11.5. The van der Waals surface area contributed by atoms with Gasteiger partial charge in [0.05, 0.1) is 0 Å². The Bertz CT molecular complexity index is 931. The van der Waals surface area contributed by atoms with Gasteiger partial charge in [-0.15, -0.1) is 10.2 Å². The highest BCUT2D eigenvalue weighted by Crippen LogP contribution is 2.21. The molecule has 0 aliphatic carbocycles. The number of hydrogen-bond donors (Lipinski definition) is 1. The third-order valence-corrected chi connectivity index (χ3v) is 4.35. The highest BCUT2D eigenvalue weighted by atomic mass is 35.5. The van der Waals surface area contributed by atoms with Gasteiger partial charge in [-0.3, -0.25) is 9.78 Å². The highest BCUT2D eigenvalue weighted by Gasteiger charge is 2.11. The van der Waals surface area contributed by atoms with Crippen LogP contribution in [0.2, 0.25) is 5.02 Å². The van der Waals surface area contributed by atoms with Crippen molar-refractivity contribution in [3.05, 3.63) is 75.0 Å². The van der Waals surface area contributed by atoms with Crippen LogP contribution in [0.1, 0.15) is 5.56 Å². The van der Waals surface area contributed by atoms with Gasteiger partial charge in [0.25, 0.3) is 5.56 Å². The van der Waals surface area contributed by atoms with E-state index in [4.69, 9.17) is 11.6 Å². The van der Waals surface area contributed by atoms with E-state index in [-0.39, 0.29) is 11.3 Å². The molecule has 0 saturated carbocycles. The van der Waals surface area contributed by atoms with Gasteiger partial charge < -0.3 is 0 Å². The molecule has 0 bridgehead atoms. The van der Waals surface area contributed by atoms with E-state index in [1.54, 1.807) is 12.1 Å². The molecule has 1 N–H and O–H groups in total. The maximum absolute atomic E-state index is 13.3. The topological polar surface area (TPSA) is 58.6 Å². The van der Waals surface area contributed by atoms with Crippen LogP contribution in [0.15, 0.2) is 52.4 Å². The Balaban J connectivity index is 1.78. The van der Waals surface area contributed by atoms with Gasteiger partial charge in [0, 0.05) is 16.3 Å². The Morgan fingerprint density at radius 3 is 2.46 bits per heavy atom. The minimum atomic E-state index is -1.05. The van der Waals surface area contributed by atoms with E-state index in [0.717, 1.165) is 17.7 Å². The van der Waals surface area contributed by atoms with E-state index in [0.29, 0.717) is 15.9 Å². The molecular weight excluding hydrogens is 356 g/mol. The number of thioether (sulfide) groups is 1. The number of H-pyrrole nitrogens is 1. The fraction of sp³-hybridized carbons (Fsp3) is 0.0625. The number of halogens is 3. The fourth-order valence-electron chi connectivity index (χ4n) is 1.95. The number of rotatable bonds is 4. The second-order valence-electron chi connectivity index (χ2n) is 4.85. The largest absolute Gasteiger partial charge is 0.298 e. The molecule has 0 radical (unpaired) electrons. The molecule has 0 atom stereocenters. The smallest absolute Gasteiger partial charge is 0.278 e. The summed E-state index contributed by atoms with van der Waals surface area (Å²) in [6, 6.07) is 10.4. The molecule has 4 nitrogen and oxygen atoms in total. The van der Waals surface area contributed by atoms with Crippen LogP contribution in [-0.2, 0) is 5.75 Å². The standard InChI is InChI=1S/C16H10ClF2N3OS/c17-11-4-1-9(2-5-11)8-24-16-20-15(23)14(21-22-16)10-3-6-12(18)13(19)7-10/h1-7H,8H2,(H,20,22,23). The van der Waals surface area contributed by atoms with Crippen molar-refractivity contribution in [2.75, 3.05) is 0 Å². The van der Waals surface area contributed by atoms with Crippen molar-refractivity contribution < 1.29 is 8.78 Å². The average Bonchev–Trinajstić information content (AvgIpc) is 2.57. The predicted octanol–water partition coefficient (Wildman–Crippen LogP) is 4.06. The molecule has 0 aliphatic heterocycles. The zero-order valence-electron chi connectivity index (χ0n) is 12.1. The summed E-state index contributed by atoms with van der Waals surface area (Å²) in [5.41, 5.74) is 0.591. The first kappa shape index (κ1) is 16.6. The quantitative estimate of drug-likeness (QED) is 0.708. The van der Waals surface area contributed by atoms with Gasteiger partial charge in [-0.05, 0) is 35.9 Å². The van der Waals surface area contributed by atoms with E-state index in [1.165, 1.54) is 17.8 Å². The summed E-state index contributed by atoms with van der Waals surface area (Å²) in [5, 5.41) is 8.72. The Hall–Kier alpha value is -2.25. The number of aromatic amines is 1. The van der Waals surface area contributed by atoms with Crippen molar-refractivity contribution in [3.63, 3.8) is 0 Å². The molecule has 3 rings (SSSR count). The molecule has 0 spiro atoms. The van der Waals surface area contributed by atoms with E-state index >= 15 is 0 Å². The molecule has 0 aliphatic rings. The number of benzene rings is 2. The first-order valence-electron chi connectivity index (χ1n) is 6.82. The molecule has 0 fully saturated rings. The van der Waals surface area contributed by atoms with Gasteiger partial charge in [-0.2, -0.15) is 0 Å². The van der Waals surface area contributed by atoms with Crippen LogP contribution in [0, 0.1) is 11.6 Å². The monoisotopic (exact) mass is 365 g/mol. The van der Waals surface area contributed by atoms with Crippen LogP contribution in [0.4, 0.5) is 8.78 Å². The number of hydrogen-bond acceptors (Lipinski definition) is 4. The third kappa shape index (κ3) is 3.80. The van der Waals surface area contributed by atoms with Crippen molar-refractivity contribution in [2.45, 2.75) is 10.9 Å². The maximum Gasteiger partial charge on any atom is 0.278 e. The molecule has 0 unspecified atom stereocenters. The van der Waals surface area contributed by atoms with Crippen molar-refractivity contribution >= 4 is 23.4 Å². The molecular formula is C16H10ClF2N3OS. The van der Waals surface area contributed by atoms with Crippen molar-refractivity contribution in [1.82, 2.24) is 15.2 Å². The highest BCUT2D eigenvalue weighted by molar-refractivity contribution is 7.98. The van der Waals surface area contributed by atoms with Gasteiger partial charge >= 0.3 is 0 Å². The summed E-state index contributed by atoms with van der Waals surface area (Å²) < 4.78 is 26.2. The molecule has 24 heavy (non-hydrogen) atoms. The molecule has 0 amide bonds. The third-order valence-electron chi connectivity index (χ3n) is 3.16. The number of nitrogens with one attached hydrogen (secondary N) is 1. The SMILES string of the molecule is O=c1[nH]c(SCc2ccc(Cl)cc2)nnc1-c1ccc(F)c(F)c1.